The van der Waals surface area contributed by atoms with Crippen LogP contribution in [0.25, 0.3) is 0 Å². The van der Waals surface area contributed by atoms with E-state index in [-0.39, 0.29) is 23.5 Å². The molecule has 1 saturated heterocycles. The molecule has 0 saturated carbocycles. The van der Waals surface area contributed by atoms with Crippen LogP contribution in [-0.2, 0) is 13.1 Å². The Bertz CT molecular complexity index is 988. The minimum absolute atomic E-state index is 0.0348. The summed E-state index contributed by atoms with van der Waals surface area (Å²) in [5.74, 6) is 0.117. The number of nitro benzene ring substituents is 1. The number of carbonyl (C=O) groups is 1. The van der Waals surface area contributed by atoms with E-state index in [2.05, 4.69) is 28.1 Å². The van der Waals surface area contributed by atoms with Crippen LogP contribution in [0.2, 0.25) is 0 Å². The van der Waals surface area contributed by atoms with Crippen molar-refractivity contribution >= 4 is 11.6 Å². The van der Waals surface area contributed by atoms with Gasteiger partial charge in [0.25, 0.3) is 11.6 Å². The zero-order valence-electron chi connectivity index (χ0n) is 18.2. The number of benzene rings is 2. The van der Waals surface area contributed by atoms with Crippen molar-refractivity contribution in [1.82, 2.24) is 15.1 Å². The van der Waals surface area contributed by atoms with Gasteiger partial charge in [0.05, 0.1) is 11.0 Å². The fraction of sp³-hybridized carbons (Fsp3) is 0.435. The predicted octanol–water partition coefficient (Wildman–Crippen LogP) is 2.43. The molecule has 0 spiro atoms. The first-order chi connectivity index (χ1) is 15.5. The molecular formula is C23H28N4O5. The molecule has 2 aromatic carbocycles. The number of ether oxygens (including phenoxy) is 2. The van der Waals surface area contributed by atoms with Gasteiger partial charge < -0.3 is 19.7 Å². The number of nitrogens with one attached hydrogen (secondary N) is 1. The zero-order chi connectivity index (χ0) is 22.5. The van der Waals surface area contributed by atoms with Crippen molar-refractivity contribution in [1.29, 1.82) is 0 Å². The third-order valence-electron chi connectivity index (χ3n) is 5.97. The van der Waals surface area contributed by atoms with Crippen LogP contribution in [0.1, 0.15) is 28.4 Å². The Labute approximate surface area is 187 Å². The number of rotatable bonds is 7. The molecule has 9 heteroatoms. The third kappa shape index (κ3) is 5.00. The number of carbonyl (C=O) groups excluding carboxylic acids is 1. The van der Waals surface area contributed by atoms with Gasteiger partial charge in [0, 0.05) is 45.3 Å². The van der Waals surface area contributed by atoms with Crippen LogP contribution in [0.15, 0.2) is 36.4 Å². The summed E-state index contributed by atoms with van der Waals surface area (Å²) in [6.07, 6.45) is 0. The maximum absolute atomic E-state index is 12.9. The molecule has 2 aliphatic heterocycles. The number of piperazine rings is 1. The maximum Gasteiger partial charge on any atom is 0.286 e. The lowest BCUT2D eigenvalue weighted by molar-refractivity contribution is -0.385. The van der Waals surface area contributed by atoms with Gasteiger partial charge in [0.15, 0.2) is 11.5 Å². The van der Waals surface area contributed by atoms with Crippen molar-refractivity contribution in [2.75, 3.05) is 45.9 Å². The lowest BCUT2D eigenvalue weighted by atomic mass is 10.1. The van der Waals surface area contributed by atoms with Crippen molar-refractivity contribution in [3.05, 3.63) is 63.2 Å². The molecule has 2 aliphatic rings. The number of nitrogens with zero attached hydrogens (tertiary/aromatic N) is 3. The minimum Gasteiger partial charge on any atom is -0.486 e. The Hall–Kier alpha value is -3.17. The van der Waals surface area contributed by atoms with Gasteiger partial charge in [-0.15, -0.1) is 0 Å². The monoisotopic (exact) mass is 440 g/mol. The molecule has 2 aromatic rings. The summed E-state index contributed by atoms with van der Waals surface area (Å²) in [5, 5.41) is 14.4. The van der Waals surface area contributed by atoms with Gasteiger partial charge in [-0.3, -0.25) is 19.8 Å². The molecule has 2 heterocycles. The second-order valence-corrected chi connectivity index (χ2v) is 7.93. The SMILES string of the molecule is CCN1CCN(Cc2ccccc2CNC(=O)c2cc3c(cc2[N+](=O)[O-])OCCO3)CC1. The molecule has 0 unspecified atom stereocenters. The van der Waals surface area contributed by atoms with Crippen LogP contribution >= 0.6 is 0 Å². The average Bonchev–Trinajstić information content (AvgIpc) is 2.83. The predicted molar refractivity (Wildman–Crippen MR) is 119 cm³/mol. The highest BCUT2D eigenvalue weighted by molar-refractivity contribution is 5.99. The smallest absolute Gasteiger partial charge is 0.286 e. The summed E-state index contributed by atoms with van der Waals surface area (Å²) >= 11 is 0. The van der Waals surface area contributed by atoms with E-state index in [1.165, 1.54) is 12.1 Å². The Morgan fingerprint density at radius 1 is 1.03 bits per heavy atom. The second-order valence-electron chi connectivity index (χ2n) is 7.93. The van der Waals surface area contributed by atoms with E-state index in [4.69, 9.17) is 9.47 Å². The van der Waals surface area contributed by atoms with Gasteiger partial charge in [-0.05, 0) is 17.7 Å². The fourth-order valence-corrected chi connectivity index (χ4v) is 4.07. The van der Waals surface area contributed by atoms with Crippen molar-refractivity contribution in [2.45, 2.75) is 20.0 Å². The molecule has 1 amide bonds. The van der Waals surface area contributed by atoms with Gasteiger partial charge in [0.1, 0.15) is 18.8 Å². The third-order valence-corrected chi connectivity index (χ3v) is 5.97. The van der Waals surface area contributed by atoms with E-state index < -0.39 is 10.8 Å². The van der Waals surface area contributed by atoms with Crippen LogP contribution in [0.5, 0.6) is 11.5 Å². The quantitative estimate of drug-likeness (QED) is 0.522. The highest BCUT2D eigenvalue weighted by atomic mass is 16.6. The molecule has 0 aliphatic carbocycles. The largest absolute Gasteiger partial charge is 0.486 e. The first-order valence-electron chi connectivity index (χ1n) is 10.9. The standard InChI is InChI=1S/C23H28N4O5/c1-2-25-7-9-26(10-8-25)16-18-6-4-3-5-17(18)15-24-23(28)19-13-21-22(32-12-11-31-21)14-20(19)27(29)30/h3-6,13-14H,2,7-12,15-16H2,1H3,(H,24,28). The Balaban J connectivity index is 1.45. The van der Waals surface area contributed by atoms with E-state index in [0.29, 0.717) is 19.0 Å². The molecule has 32 heavy (non-hydrogen) atoms. The molecule has 9 nitrogen and oxygen atoms in total. The summed E-state index contributed by atoms with van der Waals surface area (Å²) in [4.78, 5) is 28.7. The number of nitro groups is 1. The minimum atomic E-state index is -0.572. The van der Waals surface area contributed by atoms with Crippen LogP contribution in [0.4, 0.5) is 5.69 Å². The zero-order valence-corrected chi connectivity index (χ0v) is 18.2. The summed E-state index contributed by atoms with van der Waals surface area (Å²) < 4.78 is 10.9. The molecule has 4 rings (SSSR count). The number of likely N-dealkylation sites (N-methyl/N-ethyl adjacent to an activating group) is 1. The molecule has 1 N–H and O–H groups in total. The summed E-state index contributed by atoms with van der Waals surface area (Å²) in [6.45, 7) is 9.15. The molecule has 0 aromatic heterocycles. The lowest BCUT2D eigenvalue weighted by Gasteiger charge is -2.34. The molecule has 0 atom stereocenters. The Morgan fingerprint density at radius 2 is 1.66 bits per heavy atom. The van der Waals surface area contributed by atoms with Crippen LogP contribution < -0.4 is 14.8 Å². The van der Waals surface area contributed by atoms with Crippen LogP contribution in [0.3, 0.4) is 0 Å². The Morgan fingerprint density at radius 3 is 2.31 bits per heavy atom. The van der Waals surface area contributed by atoms with Crippen LogP contribution in [0, 0.1) is 10.1 Å². The topological polar surface area (TPSA) is 97.2 Å². The van der Waals surface area contributed by atoms with Crippen molar-refractivity contribution < 1.29 is 19.2 Å². The Kier molecular flexibility index (Phi) is 6.87. The highest BCUT2D eigenvalue weighted by Gasteiger charge is 2.26. The van der Waals surface area contributed by atoms with Crippen molar-refractivity contribution in [3.8, 4) is 11.5 Å². The van der Waals surface area contributed by atoms with Gasteiger partial charge in [-0.25, -0.2) is 0 Å². The fourth-order valence-electron chi connectivity index (χ4n) is 4.07. The maximum atomic E-state index is 12.9. The lowest BCUT2D eigenvalue weighted by Crippen LogP contribution is -2.45. The molecular weight excluding hydrogens is 412 g/mol. The number of hydrogen-bond acceptors (Lipinski definition) is 7. The highest BCUT2D eigenvalue weighted by Crippen LogP contribution is 2.36. The van der Waals surface area contributed by atoms with E-state index >= 15 is 0 Å². The molecule has 0 bridgehead atoms. The second kappa shape index (κ2) is 9.97. The van der Waals surface area contributed by atoms with E-state index in [9.17, 15) is 14.9 Å². The van der Waals surface area contributed by atoms with E-state index in [1.807, 2.05) is 18.2 Å². The van der Waals surface area contributed by atoms with Gasteiger partial charge in [-0.1, -0.05) is 31.2 Å². The number of fused-ring (bicyclic) bond motifs is 1. The van der Waals surface area contributed by atoms with E-state index in [1.54, 1.807) is 0 Å². The molecule has 0 radical (unpaired) electrons. The summed E-state index contributed by atoms with van der Waals surface area (Å²) in [6, 6.07) is 10.6. The van der Waals surface area contributed by atoms with Gasteiger partial charge in [0.2, 0.25) is 0 Å². The first-order valence-corrected chi connectivity index (χ1v) is 10.9. The van der Waals surface area contributed by atoms with Gasteiger partial charge >= 0.3 is 0 Å². The van der Waals surface area contributed by atoms with Crippen molar-refractivity contribution in [2.24, 2.45) is 0 Å². The normalized spacial score (nSPS) is 16.5. The number of hydrogen-bond donors (Lipinski definition) is 1. The van der Waals surface area contributed by atoms with Gasteiger partial charge in [-0.2, -0.15) is 0 Å². The summed E-state index contributed by atoms with van der Waals surface area (Å²) in [7, 11) is 0. The molecule has 170 valence electrons. The average molecular weight is 441 g/mol. The number of amides is 1. The van der Waals surface area contributed by atoms with E-state index in [0.717, 1.165) is 50.4 Å². The van der Waals surface area contributed by atoms with Crippen molar-refractivity contribution in [3.63, 3.8) is 0 Å². The molecule has 1 fully saturated rings. The first kappa shape index (κ1) is 22.0. The summed E-state index contributed by atoms with van der Waals surface area (Å²) in [5.41, 5.74) is 1.81. The van der Waals surface area contributed by atoms with Crippen LogP contribution in [-0.4, -0.2) is 66.6 Å².